The quantitative estimate of drug-likeness (QED) is 0.753. The molecule has 0 atom stereocenters. The van der Waals surface area contributed by atoms with Crippen LogP contribution in [0.1, 0.15) is 12.8 Å². The van der Waals surface area contributed by atoms with Crippen molar-refractivity contribution in [1.82, 2.24) is 28.9 Å². The second-order valence-corrected chi connectivity index (χ2v) is 6.25. The highest BCUT2D eigenvalue weighted by atomic mass is 35.5. The van der Waals surface area contributed by atoms with Gasteiger partial charge in [0.1, 0.15) is 6.54 Å². The predicted molar refractivity (Wildman–Crippen MR) is 96.1 cm³/mol. The summed E-state index contributed by atoms with van der Waals surface area (Å²) in [6.07, 6.45) is 3.23. The van der Waals surface area contributed by atoms with Crippen molar-refractivity contribution in [2.45, 2.75) is 25.4 Å². The fourth-order valence-electron chi connectivity index (χ4n) is 3.18. The molecule has 3 rings (SSSR count). The van der Waals surface area contributed by atoms with E-state index in [-0.39, 0.29) is 30.9 Å². The number of aromatic nitrogens is 4. The molecule has 0 aromatic carbocycles. The van der Waals surface area contributed by atoms with Crippen molar-refractivity contribution in [3.05, 3.63) is 27.2 Å². The summed E-state index contributed by atoms with van der Waals surface area (Å²) in [6, 6.07) is 0.138. The minimum atomic E-state index is -0.529. The lowest BCUT2D eigenvalue weighted by atomic mass is 10.1. The molecule has 0 aliphatic carbocycles. The molecule has 2 aromatic heterocycles. The van der Waals surface area contributed by atoms with Crippen molar-refractivity contribution in [2.24, 2.45) is 14.1 Å². The lowest BCUT2D eigenvalue weighted by molar-refractivity contribution is -0.133. The number of hydrogen-bond acceptors (Lipinski definition) is 5. The number of aryl methyl sites for hydroxylation is 2. The van der Waals surface area contributed by atoms with Gasteiger partial charge >= 0.3 is 5.69 Å². The third kappa shape index (κ3) is 3.34. The van der Waals surface area contributed by atoms with Gasteiger partial charge in [-0.1, -0.05) is 0 Å². The van der Waals surface area contributed by atoms with Gasteiger partial charge in [0.15, 0.2) is 11.2 Å². The third-order valence-electron chi connectivity index (χ3n) is 4.74. The van der Waals surface area contributed by atoms with Crippen LogP contribution >= 0.6 is 12.4 Å². The largest absolute Gasteiger partial charge is 0.341 e. The first-order valence-corrected chi connectivity index (χ1v) is 7.99. The second kappa shape index (κ2) is 7.40. The number of hydrogen-bond donors (Lipinski definition) is 1. The highest BCUT2D eigenvalue weighted by Crippen LogP contribution is 2.10. The number of amides is 1. The van der Waals surface area contributed by atoms with Crippen molar-refractivity contribution in [2.75, 3.05) is 20.1 Å². The first-order valence-electron chi connectivity index (χ1n) is 7.99. The molecule has 25 heavy (non-hydrogen) atoms. The van der Waals surface area contributed by atoms with Crippen molar-refractivity contribution < 1.29 is 4.79 Å². The van der Waals surface area contributed by atoms with Crippen LogP contribution in [0.4, 0.5) is 0 Å². The van der Waals surface area contributed by atoms with Gasteiger partial charge in [-0.3, -0.25) is 14.2 Å². The van der Waals surface area contributed by atoms with E-state index in [0.29, 0.717) is 11.2 Å². The van der Waals surface area contributed by atoms with E-state index in [1.54, 1.807) is 30.6 Å². The minimum absolute atomic E-state index is 0. The molecule has 9 nitrogen and oxygen atoms in total. The summed E-state index contributed by atoms with van der Waals surface area (Å²) in [4.78, 5) is 43.4. The topological polar surface area (TPSA) is 94.2 Å². The molecule has 3 heterocycles. The molecule has 1 N–H and O–H groups in total. The van der Waals surface area contributed by atoms with Gasteiger partial charge in [0.05, 0.1) is 6.33 Å². The van der Waals surface area contributed by atoms with Gasteiger partial charge in [-0.25, -0.2) is 14.3 Å². The van der Waals surface area contributed by atoms with Crippen molar-refractivity contribution >= 4 is 29.5 Å². The van der Waals surface area contributed by atoms with Crippen LogP contribution in [0, 0.1) is 0 Å². The highest BCUT2D eigenvalue weighted by molar-refractivity contribution is 5.85. The lowest BCUT2D eigenvalue weighted by Crippen LogP contribution is -2.48. The van der Waals surface area contributed by atoms with Crippen LogP contribution in [-0.2, 0) is 25.4 Å². The predicted octanol–water partition coefficient (Wildman–Crippen LogP) is -0.934. The van der Waals surface area contributed by atoms with Gasteiger partial charge in [0.2, 0.25) is 5.91 Å². The van der Waals surface area contributed by atoms with E-state index in [2.05, 4.69) is 10.3 Å². The Morgan fingerprint density at radius 2 is 1.96 bits per heavy atom. The van der Waals surface area contributed by atoms with E-state index in [4.69, 9.17) is 0 Å². The summed E-state index contributed by atoms with van der Waals surface area (Å²) in [6.45, 7) is 1.48. The van der Waals surface area contributed by atoms with Gasteiger partial charge in [-0.2, -0.15) is 0 Å². The Labute approximate surface area is 150 Å². The molecule has 0 radical (unpaired) electrons. The molecule has 0 spiro atoms. The van der Waals surface area contributed by atoms with E-state index >= 15 is 0 Å². The molecule has 1 aliphatic rings. The number of halogens is 1. The van der Waals surface area contributed by atoms with E-state index in [9.17, 15) is 14.4 Å². The van der Waals surface area contributed by atoms with E-state index < -0.39 is 11.2 Å². The molecule has 1 aliphatic heterocycles. The van der Waals surface area contributed by atoms with Gasteiger partial charge in [-0.15, -0.1) is 12.4 Å². The van der Waals surface area contributed by atoms with E-state index in [0.717, 1.165) is 30.5 Å². The van der Waals surface area contributed by atoms with Crippen LogP contribution in [0.3, 0.4) is 0 Å². The Morgan fingerprint density at radius 3 is 2.60 bits per heavy atom. The van der Waals surface area contributed by atoms with Crippen LogP contribution < -0.4 is 16.6 Å². The lowest BCUT2D eigenvalue weighted by Gasteiger charge is -2.31. The maximum absolute atomic E-state index is 12.6. The van der Waals surface area contributed by atoms with Gasteiger partial charge in [0, 0.05) is 27.2 Å². The number of carbonyl (C=O) groups excluding carboxylic acids is 1. The molecule has 138 valence electrons. The van der Waals surface area contributed by atoms with Gasteiger partial charge in [0.25, 0.3) is 5.56 Å². The summed E-state index contributed by atoms with van der Waals surface area (Å²) in [5, 5.41) is 3.25. The highest BCUT2D eigenvalue weighted by Gasteiger charge is 2.24. The Balaban J connectivity index is 0.00000225. The molecular weight excluding hydrogens is 348 g/mol. The third-order valence-corrected chi connectivity index (χ3v) is 4.74. The smallest absolute Gasteiger partial charge is 0.332 e. The van der Waals surface area contributed by atoms with Gasteiger partial charge < -0.3 is 14.8 Å². The van der Waals surface area contributed by atoms with Crippen molar-refractivity contribution in [3.8, 4) is 0 Å². The zero-order chi connectivity index (χ0) is 17.4. The number of likely N-dealkylation sites (N-methyl/N-ethyl adjacent to an activating group) is 1. The Hall–Kier alpha value is -2.13. The Kier molecular flexibility index (Phi) is 5.69. The SMILES string of the molecule is CN(C(=O)Cn1c(=O)c2c(ncn2C)n(C)c1=O)C1CCNCC1.Cl. The molecular formula is C15H23ClN6O3. The first kappa shape index (κ1) is 19.2. The van der Waals surface area contributed by atoms with Crippen LogP contribution in [0.15, 0.2) is 15.9 Å². The molecule has 0 unspecified atom stereocenters. The fraction of sp³-hybridized carbons (Fsp3) is 0.600. The molecule has 1 amide bonds. The summed E-state index contributed by atoms with van der Waals surface area (Å²) in [7, 11) is 4.97. The number of rotatable bonds is 3. The average molecular weight is 371 g/mol. The van der Waals surface area contributed by atoms with Crippen LogP contribution in [0.2, 0.25) is 0 Å². The van der Waals surface area contributed by atoms with Gasteiger partial charge in [-0.05, 0) is 25.9 Å². The maximum atomic E-state index is 12.6. The molecule has 2 aromatic rings. The van der Waals surface area contributed by atoms with Crippen molar-refractivity contribution in [1.29, 1.82) is 0 Å². The normalized spacial score (nSPS) is 15.2. The standard InChI is InChI=1S/C15H22N6O3.ClH/c1-18-9-17-13-12(18)14(23)21(15(24)20(13)3)8-11(22)19(2)10-4-6-16-7-5-10;/h9-10,16H,4-8H2,1-3H3;1H. The van der Waals surface area contributed by atoms with Crippen molar-refractivity contribution in [3.63, 3.8) is 0 Å². The number of imidazole rings is 1. The second-order valence-electron chi connectivity index (χ2n) is 6.25. The zero-order valence-electron chi connectivity index (χ0n) is 14.6. The first-order chi connectivity index (χ1) is 11.4. The fourth-order valence-corrected chi connectivity index (χ4v) is 3.18. The summed E-state index contributed by atoms with van der Waals surface area (Å²) in [5.41, 5.74) is -0.379. The van der Waals surface area contributed by atoms with Crippen LogP contribution in [-0.4, -0.2) is 55.7 Å². The number of nitrogens with zero attached hydrogens (tertiary/aromatic N) is 5. The monoisotopic (exact) mass is 370 g/mol. The number of piperidine rings is 1. The average Bonchev–Trinajstić information content (AvgIpc) is 2.98. The Bertz CT molecular complexity index is 893. The minimum Gasteiger partial charge on any atom is -0.341 e. The van der Waals surface area contributed by atoms with Crippen LogP contribution in [0.5, 0.6) is 0 Å². The molecule has 0 bridgehead atoms. The summed E-state index contributed by atoms with van der Waals surface area (Å²) >= 11 is 0. The molecule has 1 fully saturated rings. The molecule has 0 saturated carbocycles. The van der Waals surface area contributed by atoms with Crippen LogP contribution in [0.25, 0.3) is 11.2 Å². The summed E-state index contributed by atoms with van der Waals surface area (Å²) in [5.74, 6) is -0.234. The number of fused-ring (bicyclic) bond motifs is 1. The maximum Gasteiger partial charge on any atom is 0.332 e. The Morgan fingerprint density at radius 1 is 1.32 bits per heavy atom. The zero-order valence-corrected chi connectivity index (χ0v) is 15.4. The van der Waals surface area contributed by atoms with E-state index in [1.165, 1.54) is 10.9 Å². The number of nitrogens with one attached hydrogen (secondary N) is 1. The number of carbonyl (C=O) groups is 1. The van der Waals surface area contributed by atoms with E-state index in [1.807, 2.05) is 0 Å². The molecule has 10 heteroatoms. The summed E-state index contributed by atoms with van der Waals surface area (Å²) < 4.78 is 3.85. The molecule has 1 saturated heterocycles.